The number of nitrogens with one attached hydrogen (secondary N) is 2. The molecule has 1 amide bonds. The first kappa shape index (κ1) is 33.7. The molecule has 3 aliphatic heterocycles. The Morgan fingerprint density at radius 3 is 2.37 bits per heavy atom. The number of ether oxygens (including phenoxy) is 3. The van der Waals surface area contributed by atoms with Crippen LogP contribution >= 0.6 is 0 Å². The van der Waals surface area contributed by atoms with Crippen LogP contribution in [0.15, 0.2) is 0 Å². The normalized spacial score (nSPS) is 51.2. The van der Waals surface area contributed by atoms with Gasteiger partial charge < -0.3 is 35.1 Å². The molecule has 8 fully saturated rings. The number of carbonyl (C=O) groups excluding carboxylic acids is 1. The molecular formula is C38H64N2O6. The third-order valence-electron chi connectivity index (χ3n) is 15.8. The van der Waals surface area contributed by atoms with Crippen LogP contribution in [0.5, 0.6) is 0 Å². The predicted molar refractivity (Wildman–Crippen MR) is 177 cm³/mol. The van der Waals surface area contributed by atoms with E-state index in [4.69, 9.17) is 14.2 Å². The number of aliphatic hydroxyl groups excluding tert-OH is 1. The van der Waals surface area contributed by atoms with Gasteiger partial charge in [0.15, 0.2) is 6.29 Å². The first-order valence-corrected chi connectivity index (χ1v) is 18.9. The molecule has 0 aromatic heterocycles. The van der Waals surface area contributed by atoms with E-state index in [1.54, 1.807) is 13.8 Å². The number of amides is 1. The summed E-state index contributed by atoms with van der Waals surface area (Å²) in [5.41, 5.74) is 0.519. The van der Waals surface area contributed by atoms with Crippen LogP contribution in [0.3, 0.4) is 0 Å². The topological polar surface area (TPSA) is 109 Å². The zero-order valence-corrected chi connectivity index (χ0v) is 29.8. The van der Waals surface area contributed by atoms with E-state index in [-0.39, 0.29) is 46.8 Å². The molecule has 5 unspecified atom stereocenters. The van der Waals surface area contributed by atoms with E-state index < -0.39 is 11.7 Å². The minimum atomic E-state index is -1.14. The summed E-state index contributed by atoms with van der Waals surface area (Å²) in [5.74, 6) is 2.72. The monoisotopic (exact) mass is 644 g/mol. The Bertz CT molecular complexity index is 1160. The van der Waals surface area contributed by atoms with Gasteiger partial charge in [-0.3, -0.25) is 4.79 Å². The van der Waals surface area contributed by atoms with Crippen LogP contribution < -0.4 is 10.6 Å². The average Bonchev–Trinajstić information content (AvgIpc) is 3.26. The molecule has 0 aromatic carbocycles. The Labute approximate surface area is 277 Å². The van der Waals surface area contributed by atoms with Crippen LogP contribution in [-0.4, -0.2) is 78.7 Å². The Balaban J connectivity index is 0.000000508. The number of morpholine rings is 1. The number of fused-ring (bicyclic) bond motifs is 4. The molecule has 13 atom stereocenters. The van der Waals surface area contributed by atoms with Gasteiger partial charge in [-0.25, -0.2) is 0 Å². The molecule has 3 saturated heterocycles. The lowest BCUT2D eigenvalue weighted by atomic mass is 9.41. The van der Waals surface area contributed by atoms with Crippen molar-refractivity contribution in [2.45, 2.75) is 155 Å². The fraction of sp³-hybridized carbons (Fsp3) is 0.974. The summed E-state index contributed by atoms with van der Waals surface area (Å²) in [4.78, 5) is 10.1. The van der Waals surface area contributed by atoms with E-state index in [1.165, 1.54) is 38.5 Å². The fourth-order valence-corrected chi connectivity index (χ4v) is 13.6. The van der Waals surface area contributed by atoms with Crippen LogP contribution in [0.1, 0.15) is 119 Å². The van der Waals surface area contributed by atoms with Crippen molar-refractivity contribution in [3.05, 3.63) is 0 Å². The Morgan fingerprint density at radius 2 is 1.74 bits per heavy atom. The molecule has 4 N–H and O–H groups in total. The van der Waals surface area contributed by atoms with Gasteiger partial charge in [0.1, 0.15) is 6.10 Å². The van der Waals surface area contributed by atoms with Crippen molar-refractivity contribution in [1.82, 2.24) is 10.6 Å². The van der Waals surface area contributed by atoms with Crippen LogP contribution in [0.2, 0.25) is 0 Å². The minimum absolute atomic E-state index is 0.103. The summed E-state index contributed by atoms with van der Waals surface area (Å²) < 4.78 is 19.5. The van der Waals surface area contributed by atoms with Gasteiger partial charge in [0.2, 0.25) is 5.91 Å². The largest absolute Gasteiger partial charge is 0.388 e. The molecule has 2 spiro atoms. The van der Waals surface area contributed by atoms with Crippen LogP contribution in [0, 0.1) is 50.7 Å². The van der Waals surface area contributed by atoms with Crippen LogP contribution in [-0.2, 0) is 19.0 Å². The maximum atomic E-state index is 11.0. The maximum Gasteiger partial charge on any atom is 0.220 e. The number of hydrogen-bond acceptors (Lipinski definition) is 7. The highest BCUT2D eigenvalue weighted by Crippen LogP contribution is 2.89. The fourth-order valence-electron chi connectivity index (χ4n) is 13.6. The highest BCUT2D eigenvalue weighted by Gasteiger charge is 2.83. The van der Waals surface area contributed by atoms with Gasteiger partial charge in [-0.15, -0.1) is 0 Å². The first-order valence-electron chi connectivity index (χ1n) is 18.9. The zero-order chi connectivity index (χ0) is 32.9. The lowest BCUT2D eigenvalue weighted by molar-refractivity contribution is -0.235. The summed E-state index contributed by atoms with van der Waals surface area (Å²) in [7, 11) is 0. The third-order valence-corrected chi connectivity index (χ3v) is 15.8. The van der Waals surface area contributed by atoms with E-state index in [1.807, 2.05) is 0 Å². The summed E-state index contributed by atoms with van der Waals surface area (Å²) in [6.07, 6.45) is 12.2. The van der Waals surface area contributed by atoms with E-state index in [2.05, 4.69) is 45.3 Å². The number of rotatable bonds is 4. The van der Waals surface area contributed by atoms with E-state index in [0.29, 0.717) is 22.7 Å². The van der Waals surface area contributed by atoms with Gasteiger partial charge in [0.25, 0.3) is 0 Å². The summed E-state index contributed by atoms with van der Waals surface area (Å²) in [5, 5.41) is 27.7. The van der Waals surface area contributed by atoms with Gasteiger partial charge in [-0.2, -0.15) is 0 Å². The molecule has 0 radical (unpaired) electrons. The van der Waals surface area contributed by atoms with Gasteiger partial charge in [0, 0.05) is 26.1 Å². The van der Waals surface area contributed by atoms with Gasteiger partial charge in [-0.05, 0) is 129 Å². The Kier molecular flexibility index (Phi) is 8.34. The molecule has 8 heteroatoms. The maximum absolute atomic E-state index is 11.0. The van der Waals surface area contributed by atoms with E-state index >= 15 is 0 Å². The van der Waals surface area contributed by atoms with Crippen molar-refractivity contribution in [1.29, 1.82) is 0 Å². The second-order valence-corrected chi connectivity index (χ2v) is 18.7. The van der Waals surface area contributed by atoms with Crippen molar-refractivity contribution >= 4 is 5.91 Å². The van der Waals surface area contributed by atoms with Crippen LogP contribution in [0.4, 0.5) is 0 Å². The molecule has 5 saturated carbocycles. The molecule has 5 aliphatic carbocycles. The van der Waals surface area contributed by atoms with Gasteiger partial charge in [-0.1, -0.05) is 34.6 Å². The lowest BCUT2D eigenvalue weighted by Crippen LogP contribution is -2.59. The number of hydrogen-bond donors (Lipinski definition) is 4. The van der Waals surface area contributed by atoms with Crippen molar-refractivity contribution in [2.24, 2.45) is 50.7 Å². The highest BCUT2D eigenvalue weighted by molar-refractivity contribution is 5.77. The van der Waals surface area contributed by atoms with Crippen molar-refractivity contribution in [2.75, 3.05) is 26.2 Å². The van der Waals surface area contributed by atoms with Crippen molar-refractivity contribution in [3.8, 4) is 0 Å². The standard InChI is InChI=1S/C34H57NO5.C4H7NO/c1-20-16-21(28(36)30(4,5)37)39-22-17-32(7)24-9-8-23-29(2,3)25(40-26-18-35-14-15-38-26)10-11-33(23)19-34(24,33)13-12-31(32,6)27(20)22;6-4-2-1-3-5-4/h20-28,35-37H,8-19H2,1-7H3;1-3H2,(H,5,6)/t20-,21?,22?,23?,24+,25+,26?,27?,28+,31-,32+,33-,34+;/m1./s1. The molecule has 0 bridgehead atoms. The molecule has 0 aromatic rings. The quantitative estimate of drug-likeness (QED) is 0.334. The SMILES string of the molecule is C[C@@H]1CC([C@H](O)C(C)(C)O)OC2C[C@@]3(C)[C@@H]4CCC5C(C)(C)[C@@H](OC6CNCCO6)CC[C@@]56C[C@@]46CC[C@]3(C)C21.O=C1CCCN1. The number of aliphatic hydroxyl groups is 2. The van der Waals surface area contributed by atoms with Gasteiger partial charge in [0.05, 0.1) is 30.5 Å². The second-order valence-electron chi connectivity index (χ2n) is 18.7. The summed E-state index contributed by atoms with van der Waals surface area (Å²) >= 11 is 0. The smallest absolute Gasteiger partial charge is 0.220 e. The number of carbonyl (C=O) groups is 1. The molecule has 8 nitrogen and oxygen atoms in total. The van der Waals surface area contributed by atoms with E-state index in [0.717, 1.165) is 70.2 Å². The third kappa shape index (κ3) is 4.92. The summed E-state index contributed by atoms with van der Waals surface area (Å²) in [6.45, 7) is 19.5. The lowest BCUT2D eigenvalue weighted by Gasteiger charge is -2.63. The first-order chi connectivity index (χ1) is 21.6. The molecule has 8 aliphatic rings. The molecule has 3 heterocycles. The zero-order valence-electron chi connectivity index (χ0n) is 29.8. The summed E-state index contributed by atoms with van der Waals surface area (Å²) in [6, 6.07) is 0. The highest BCUT2D eigenvalue weighted by atomic mass is 16.7. The minimum Gasteiger partial charge on any atom is -0.388 e. The molecule has 8 rings (SSSR count). The van der Waals surface area contributed by atoms with Crippen molar-refractivity contribution < 1.29 is 29.2 Å². The molecular weight excluding hydrogens is 580 g/mol. The van der Waals surface area contributed by atoms with Crippen molar-refractivity contribution in [3.63, 3.8) is 0 Å². The van der Waals surface area contributed by atoms with E-state index in [9.17, 15) is 15.0 Å². The average molecular weight is 645 g/mol. The second kappa shape index (κ2) is 11.4. The molecule has 262 valence electrons. The Morgan fingerprint density at radius 1 is 1.00 bits per heavy atom. The predicted octanol–water partition coefficient (Wildman–Crippen LogP) is 5.19. The van der Waals surface area contributed by atoms with Gasteiger partial charge >= 0.3 is 0 Å². The molecule has 46 heavy (non-hydrogen) atoms. The van der Waals surface area contributed by atoms with Crippen LogP contribution in [0.25, 0.3) is 0 Å². The Hall–Kier alpha value is -0.770.